The number of carbonyl (C=O) groups is 2. The van der Waals surface area contributed by atoms with E-state index in [4.69, 9.17) is 0 Å². The third-order valence-corrected chi connectivity index (χ3v) is 4.77. The molecule has 5 rings (SSSR count). The fourth-order valence-electron chi connectivity index (χ4n) is 3.51. The van der Waals surface area contributed by atoms with Gasteiger partial charge in [0.15, 0.2) is 5.83 Å². The molecule has 0 fully saturated rings. The molecule has 0 N–H and O–H groups in total. The molecule has 0 aliphatic heterocycles. The number of fused-ring (bicyclic) bond motifs is 4. The number of ketones is 2. The van der Waals surface area contributed by atoms with Gasteiger partial charge in [-0.1, -0.05) is 24.3 Å². The highest BCUT2D eigenvalue weighted by Crippen LogP contribution is 2.26. The molecule has 0 aromatic heterocycles. The van der Waals surface area contributed by atoms with Crippen LogP contribution in [0.2, 0.25) is 0 Å². The highest BCUT2D eigenvalue weighted by molar-refractivity contribution is 6.59. The first-order valence-electron chi connectivity index (χ1n) is 7.97. The van der Waals surface area contributed by atoms with E-state index in [2.05, 4.69) is 24.3 Å². The van der Waals surface area contributed by atoms with Crippen molar-refractivity contribution in [1.29, 1.82) is 0 Å². The number of halogens is 1. The molecule has 3 heteroatoms. The van der Waals surface area contributed by atoms with Gasteiger partial charge < -0.3 is 0 Å². The van der Waals surface area contributed by atoms with Gasteiger partial charge in [0.25, 0.3) is 5.78 Å². The first-order chi connectivity index (χ1) is 12.1. The van der Waals surface area contributed by atoms with Crippen molar-refractivity contribution >= 4 is 55.8 Å². The Bertz CT molecular complexity index is 1380. The summed E-state index contributed by atoms with van der Waals surface area (Å²) in [5, 5.41) is 6.81. The van der Waals surface area contributed by atoms with Crippen LogP contribution in [0.4, 0.5) is 4.39 Å². The molecule has 0 radical (unpaired) electrons. The lowest BCUT2D eigenvalue weighted by atomic mass is 9.96. The van der Waals surface area contributed by atoms with Gasteiger partial charge in [0, 0.05) is 5.22 Å². The molecule has 1 aliphatic rings. The molecule has 0 heterocycles. The molecule has 2 nitrogen and oxygen atoms in total. The largest absolute Gasteiger partial charge is 0.285 e. The molecule has 0 saturated heterocycles. The van der Waals surface area contributed by atoms with Gasteiger partial charge in [0.1, 0.15) is 0 Å². The molecular weight excluding hydrogens is 315 g/mol. The molecule has 25 heavy (non-hydrogen) atoms. The van der Waals surface area contributed by atoms with Crippen LogP contribution in [0.3, 0.4) is 0 Å². The van der Waals surface area contributed by atoms with Gasteiger partial charge in [-0.15, -0.1) is 0 Å². The number of Topliss-reactive ketones (excluding diaryl/α,β-unsaturated/α-hetero) is 2. The van der Waals surface area contributed by atoms with E-state index in [9.17, 15) is 14.0 Å². The average molecular weight is 326 g/mol. The molecule has 4 aromatic rings. The molecule has 0 saturated carbocycles. The smallest absolute Gasteiger partial charge is 0.261 e. The van der Waals surface area contributed by atoms with Crippen molar-refractivity contribution in [3.63, 3.8) is 0 Å². The summed E-state index contributed by atoms with van der Waals surface area (Å²) in [4.78, 5) is 23.2. The van der Waals surface area contributed by atoms with Crippen LogP contribution >= 0.6 is 0 Å². The molecule has 0 amide bonds. The Morgan fingerprint density at radius 1 is 0.640 bits per heavy atom. The van der Waals surface area contributed by atoms with E-state index in [1.807, 2.05) is 24.3 Å². The zero-order valence-corrected chi connectivity index (χ0v) is 13.0. The lowest BCUT2D eigenvalue weighted by Gasteiger charge is -2.07. The van der Waals surface area contributed by atoms with Crippen LogP contribution in [0.15, 0.2) is 60.7 Å². The molecule has 118 valence electrons. The van der Waals surface area contributed by atoms with Gasteiger partial charge in [-0.3, -0.25) is 9.59 Å². The second-order valence-corrected chi connectivity index (χ2v) is 6.34. The number of carbonyl (C=O) groups excluding carboxylic acids is 2. The summed E-state index contributed by atoms with van der Waals surface area (Å²) in [6.07, 6.45) is 1.21. The van der Waals surface area contributed by atoms with Gasteiger partial charge in [-0.25, -0.2) is 4.39 Å². The summed E-state index contributed by atoms with van der Waals surface area (Å²) in [5.41, 5.74) is 0. The fourth-order valence-corrected chi connectivity index (χ4v) is 3.51. The van der Waals surface area contributed by atoms with E-state index in [-0.39, 0.29) is 5.22 Å². The van der Waals surface area contributed by atoms with E-state index in [0.29, 0.717) is 5.22 Å². The third kappa shape index (κ3) is 2.02. The van der Waals surface area contributed by atoms with Gasteiger partial charge in [0.2, 0.25) is 5.78 Å². The van der Waals surface area contributed by atoms with Crippen molar-refractivity contribution in [2.75, 3.05) is 0 Å². The highest BCUT2D eigenvalue weighted by Gasteiger charge is 2.21. The van der Waals surface area contributed by atoms with Crippen LogP contribution in [0, 0.1) is 0 Å². The van der Waals surface area contributed by atoms with Gasteiger partial charge in [-0.05, 0) is 80.0 Å². The van der Waals surface area contributed by atoms with Crippen molar-refractivity contribution < 1.29 is 14.0 Å². The Morgan fingerprint density at radius 2 is 1.16 bits per heavy atom. The van der Waals surface area contributed by atoms with E-state index >= 15 is 0 Å². The standard InChI is InChI=1S/C22H11FO2/c23-21-19-10-17-8-15-6-13-4-2-1-3-12(13)5-14(15)7-16(17)9-18(19)11-20(24)22(21)25/h1-11H. The van der Waals surface area contributed by atoms with Crippen molar-refractivity contribution in [3.05, 3.63) is 71.1 Å². The first kappa shape index (κ1) is 14.1. The topological polar surface area (TPSA) is 34.1 Å². The Morgan fingerprint density at radius 3 is 1.80 bits per heavy atom. The van der Waals surface area contributed by atoms with Crippen molar-refractivity contribution in [2.45, 2.75) is 0 Å². The summed E-state index contributed by atoms with van der Waals surface area (Å²) in [5.74, 6) is -2.85. The zero-order chi connectivity index (χ0) is 17.1. The summed E-state index contributed by atoms with van der Waals surface area (Å²) < 4.78 is 14.2. The van der Waals surface area contributed by atoms with Crippen LogP contribution in [0.25, 0.3) is 44.2 Å². The van der Waals surface area contributed by atoms with E-state index in [0.717, 1.165) is 32.3 Å². The SMILES string of the molecule is O=C1C=c2cc3cc4cc5ccccc5cc4cc3cc2=C(F)C1=O. The molecular formula is C22H11FO2. The molecule has 0 bridgehead atoms. The van der Waals surface area contributed by atoms with Gasteiger partial charge >= 0.3 is 0 Å². The minimum absolute atomic E-state index is 0.192. The Balaban J connectivity index is 1.93. The summed E-state index contributed by atoms with van der Waals surface area (Å²) in [7, 11) is 0. The lowest BCUT2D eigenvalue weighted by molar-refractivity contribution is -0.130. The molecule has 4 aromatic carbocycles. The van der Waals surface area contributed by atoms with Gasteiger partial charge in [-0.2, -0.15) is 0 Å². The van der Waals surface area contributed by atoms with Gasteiger partial charge in [0.05, 0.1) is 0 Å². The maximum Gasteiger partial charge on any atom is 0.261 e. The summed E-state index contributed by atoms with van der Waals surface area (Å²) in [6.45, 7) is 0. The van der Waals surface area contributed by atoms with Crippen LogP contribution in [0.5, 0.6) is 0 Å². The maximum atomic E-state index is 14.2. The predicted octanol–water partition coefficient (Wildman–Crippen LogP) is 3.16. The van der Waals surface area contributed by atoms with E-state index in [1.165, 1.54) is 6.08 Å². The minimum atomic E-state index is -1.07. The van der Waals surface area contributed by atoms with E-state index < -0.39 is 17.4 Å². The number of hydrogen-bond acceptors (Lipinski definition) is 2. The number of benzene rings is 4. The number of hydrogen-bond donors (Lipinski definition) is 0. The highest BCUT2D eigenvalue weighted by atomic mass is 19.1. The minimum Gasteiger partial charge on any atom is -0.285 e. The molecule has 0 unspecified atom stereocenters. The quantitative estimate of drug-likeness (QED) is 0.367. The molecule has 1 aliphatic carbocycles. The van der Waals surface area contributed by atoms with Crippen LogP contribution in [-0.4, -0.2) is 11.6 Å². The Hall–Kier alpha value is -3.33. The van der Waals surface area contributed by atoms with E-state index in [1.54, 1.807) is 12.1 Å². The molecule has 0 atom stereocenters. The predicted molar refractivity (Wildman–Crippen MR) is 97.2 cm³/mol. The monoisotopic (exact) mass is 326 g/mol. The lowest BCUT2D eigenvalue weighted by Crippen LogP contribution is -2.36. The third-order valence-electron chi connectivity index (χ3n) is 4.77. The summed E-state index contributed by atoms with van der Waals surface area (Å²) >= 11 is 0. The van der Waals surface area contributed by atoms with Crippen LogP contribution in [0.1, 0.15) is 0 Å². The second-order valence-electron chi connectivity index (χ2n) is 6.34. The van der Waals surface area contributed by atoms with Crippen molar-refractivity contribution in [2.24, 2.45) is 0 Å². The van der Waals surface area contributed by atoms with Crippen molar-refractivity contribution in [3.8, 4) is 0 Å². The maximum absolute atomic E-state index is 14.2. The first-order valence-corrected chi connectivity index (χ1v) is 7.97. The molecule has 0 spiro atoms. The van der Waals surface area contributed by atoms with Crippen LogP contribution < -0.4 is 10.4 Å². The fraction of sp³-hybridized carbons (Fsp3) is 0. The normalized spacial score (nSPS) is 14.2. The average Bonchev–Trinajstić information content (AvgIpc) is 2.62. The Kier molecular flexibility index (Phi) is 2.72. The van der Waals surface area contributed by atoms with Crippen LogP contribution in [-0.2, 0) is 9.59 Å². The summed E-state index contributed by atoms with van der Waals surface area (Å²) in [6, 6.07) is 19.8. The number of rotatable bonds is 0. The Labute approximate surface area is 141 Å². The zero-order valence-electron chi connectivity index (χ0n) is 13.0. The second kappa shape index (κ2) is 4.84. The van der Waals surface area contributed by atoms with Crippen molar-refractivity contribution in [1.82, 2.24) is 0 Å².